The third-order valence-corrected chi connectivity index (χ3v) is 5.54. The molecule has 0 spiro atoms. The quantitative estimate of drug-likeness (QED) is 0.355. The Morgan fingerprint density at radius 3 is 2.34 bits per heavy atom. The van der Waals surface area contributed by atoms with Crippen LogP contribution in [0.4, 0.5) is 18.0 Å². The van der Waals surface area contributed by atoms with E-state index in [0.717, 1.165) is 5.56 Å². The molecule has 0 saturated carbocycles. The number of carbonyl (C=O) groups is 2. The number of hydrogen-bond donors (Lipinski definition) is 3. The van der Waals surface area contributed by atoms with Crippen LogP contribution in [0.1, 0.15) is 48.0 Å². The summed E-state index contributed by atoms with van der Waals surface area (Å²) in [5.41, 5.74) is 0.375. The van der Waals surface area contributed by atoms with Gasteiger partial charge in [0.25, 0.3) is 5.91 Å². The lowest BCUT2D eigenvalue weighted by Gasteiger charge is -2.25. The van der Waals surface area contributed by atoms with Crippen LogP contribution in [0.25, 0.3) is 0 Å². The number of aliphatic hydroxyl groups excluding tert-OH is 1. The molecule has 3 N–H and O–H groups in total. The Hall–Kier alpha value is -3.92. The molecule has 10 heteroatoms. The van der Waals surface area contributed by atoms with Crippen LogP contribution in [-0.4, -0.2) is 39.8 Å². The zero-order chi connectivity index (χ0) is 27.9. The molecule has 2 atom stereocenters. The molecule has 1 aromatic heterocycles. The minimum atomic E-state index is -1.40. The van der Waals surface area contributed by atoms with Crippen LogP contribution >= 0.6 is 0 Å². The second kappa shape index (κ2) is 12.6. The van der Waals surface area contributed by atoms with Gasteiger partial charge in [0.2, 0.25) is 0 Å². The summed E-state index contributed by atoms with van der Waals surface area (Å²) in [6.45, 7) is 5.37. The van der Waals surface area contributed by atoms with Crippen molar-refractivity contribution in [3.63, 3.8) is 0 Å². The van der Waals surface area contributed by atoms with E-state index < -0.39 is 47.1 Å². The minimum absolute atomic E-state index is 0.0631. The fraction of sp³-hybridized carbons (Fsp3) is 0.321. The van der Waals surface area contributed by atoms with E-state index in [1.54, 1.807) is 42.5 Å². The molecular formula is C28H30F3N3O4. The van der Waals surface area contributed by atoms with Crippen molar-refractivity contribution in [1.29, 1.82) is 0 Å². The first-order chi connectivity index (χ1) is 17.9. The lowest BCUT2D eigenvalue weighted by Crippen LogP contribution is -2.46. The van der Waals surface area contributed by atoms with Crippen molar-refractivity contribution in [3.05, 3.63) is 101 Å². The molecular weight excluding hydrogens is 499 g/mol. The van der Waals surface area contributed by atoms with Crippen molar-refractivity contribution < 1.29 is 32.6 Å². The van der Waals surface area contributed by atoms with Crippen molar-refractivity contribution in [2.75, 3.05) is 0 Å². The Balaban J connectivity index is 1.82. The first-order valence-electron chi connectivity index (χ1n) is 12.0. The van der Waals surface area contributed by atoms with Gasteiger partial charge in [0.15, 0.2) is 11.6 Å². The number of ether oxygens (including phenoxy) is 1. The number of pyridine rings is 1. The number of rotatable bonds is 9. The van der Waals surface area contributed by atoms with E-state index in [9.17, 15) is 27.9 Å². The minimum Gasteiger partial charge on any atom is -0.445 e. The summed E-state index contributed by atoms with van der Waals surface area (Å²) in [6, 6.07) is 11.8. The molecule has 1 heterocycles. The van der Waals surface area contributed by atoms with Gasteiger partial charge in [0, 0.05) is 24.2 Å². The highest BCUT2D eigenvalue weighted by Crippen LogP contribution is 2.19. The van der Waals surface area contributed by atoms with Gasteiger partial charge >= 0.3 is 6.09 Å². The number of nitrogens with zero attached hydrogens (tertiary/aromatic N) is 1. The molecule has 0 bridgehead atoms. The van der Waals surface area contributed by atoms with E-state index in [2.05, 4.69) is 15.6 Å². The van der Waals surface area contributed by atoms with Crippen molar-refractivity contribution in [3.8, 4) is 0 Å². The number of alkyl carbamates (subject to hydrolysis) is 1. The van der Waals surface area contributed by atoms with Gasteiger partial charge in [0.05, 0.1) is 23.4 Å². The van der Waals surface area contributed by atoms with Crippen LogP contribution in [0.2, 0.25) is 0 Å². The number of halogens is 3. The van der Waals surface area contributed by atoms with E-state index in [1.807, 2.05) is 20.8 Å². The number of aromatic nitrogens is 1. The Kier molecular flexibility index (Phi) is 9.46. The number of carbonyl (C=O) groups excluding carboxylic acids is 2. The number of aliphatic hydroxyl groups is 1. The second-order valence-electron chi connectivity index (χ2n) is 9.85. The monoisotopic (exact) mass is 529 g/mol. The second-order valence-corrected chi connectivity index (χ2v) is 9.85. The predicted molar refractivity (Wildman–Crippen MR) is 135 cm³/mol. The first-order valence-corrected chi connectivity index (χ1v) is 12.0. The molecule has 0 aliphatic rings. The van der Waals surface area contributed by atoms with Crippen molar-refractivity contribution in [1.82, 2.24) is 15.6 Å². The number of amides is 2. The molecule has 38 heavy (non-hydrogen) atoms. The lowest BCUT2D eigenvalue weighted by molar-refractivity contribution is 0.0908. The Labute approximate surface area is 219 Å². The van der Waals surface area contributed by atoms with E-state index in [0.29, 0.717) is 12.1 Å². The standard InChI is InChI=1S/C28H30F3N3O4/c1-28(2,3)34-26(36)19-10-7-11-32-23(19)15-25(35)24(13-18-12-21(30)22(31)14-20(18)29)33-27(37)38-16-17-8-5-4-6-9-17/h4-12,14,24-25,35H,13,15-16H2,1-3H3,(H,33,37)(H,34,36)/t24?,25-/m0/s1. The zero-order valence-corrected chi connectivity index (χ0v) is 21.3. The van der Waals surface area contributed by atoms with Crippen LogP contribution in [0.15, 0.2) is 60.8 Å². The number of benzene rings is 2. The maximum absolute atomic E-state index is 14.4. The van der Waals surface area contributed by atoms with E-state index >= 15 is 0 Å². The molecule has 0 aliphatic carbocycles. The highest BCUT2D eigenvalue weighted by molar-refractivity contribution is 5.95. The molecule has 3 rings (SSSR count). The van der Waals surface area contributed by atoms with Gasteiger partial charge in [-0.25, -0.2) is 18.0 Å². The van der Waals surface area contributed by atoms with Gasteiger partial charge in [-0.05, 0) is 56.5 Å². The van der Waals surface area contributed by atoms with Gasteiger partial charge in [-0.15, -0.1) is 0 Å². The average Bonchev–Trinajstić information content (AvgIpc) is 2.85. The highest BCUT2D eigenvalue weighted by atomic mass is 19.2. The molecule has 7 nitrogen and oxygen atoms in total. The van der Waals surface area contributed by atoms with Gasteiger partial charge in [0.1, 0.15) is 12.4 Å². The molecule has 0 aliphatic heterocycles. The summed E-state index contributed by atoms with van der Waals surface area (Å²) in [6.07, 6.45) is -1.46. The number of hydrogen-bond acceptors (Lipinski definition) is 5. The molecule has 1 unspecified atom stereocenters. The predicted octanol–water partition coefficient (Wildman–Crippen LogP) is 4.47. The normalized spacial score (nSPS) is 12.9. The van der Waals surface area contributed by atoms with Crippen LogP contribution in [0.5, 0.6) is 0 Å². The van der Waals surface area contributed by atoms with Crippen LogP contribution in [0, 0.1) is 17.5 Å². The third kappa shape index (κ3) is 8.31. The van der Waals surface area contributed by atoms with E-state index in [4.69, 9.17) is 4.74 Å². The van der Waals surface area contributed by atoms with Crippen LogP contribution in [0.3, 0.4) is 0 Å². The van der Waals surface area contributed by atoms with E-state index in [1.165, 1.54) is 6.20 Å². The van der Waals surface area contributed by atoms with Gasteiger partial charge in [-0.3, -0.25) is 9.78 Å². The van der Waals surface area contributed by atoms with Crippen molar-refractivity contribution in [2.24, 2.45) is 0 Å². The molecule has 202 valence electrons. The Bertz CT molecular complexity index is 1270. The maximum Gasteiger partial charge on any atom is 0.407 e. The van der Waals surface area contributed by atoms with Crippen LogP contribution < -0.4 is 10.6 Å². The smallest absolute Gasteiger partial charge is 0.407 e. The fourth-order valence-corrected chi connectivity index (χ4v) is 3.71. The average molecular weight is 530 g/mol. The first kappa shape index (κ1) is 28.6. The molecule has 2 amide bonds. The van der Waals surface area contributed by atoms with Gasteiger partial charge < -0.3 is 20.5 Å². The number of nitrogens with one attached hydrogen (secondary N) is 2. The Morgan fingerprint density at radius 2 is 1.66 bits per heavy atom. The lowest BCUT2D eigenvalue weighted by atomic mass is 9.96. The molecule has 3 aromatic rings. The Morgan fingerprint density at radius 1 is 0.974 bits per heavy atom. The zero-order valence-electron chi connectivity index (χ0n) is 21.3. The van der Waals surface area contributed by atoms with Crippen molar-refractivity contribution >= 4 is 12.0 Å². The topological polar surface area (TPSA) is 101 Å². The van der Waals surface area contributed by atoms with Crippen molar-refractivity contribution in [2.45, 2.75) is 57.9 Å². The van der Waals surface area contributed by atoms with E-state index in [-0.39, 0.29) is 36.3 Å². The van der Waals surface area contributed by atoms with Crippen LogP contribution in [-0.2, 0) is 24.2 Å². The van der Waals surface area contributed by atoms with Gasteiger partial charge in [-0.1, -0.05) is 30.3 Å². The summed E-state index contributed by atoms with van der Waals surface area (Å²) < 4.78 is 46.9. The molecule has 0 saturated heterocycles. The van der Waals surface area contributed by atoms with Gasteiger partial charge in [-0.2, -0.15) is 0 Å². The molecule has 0 radical (unpaired) electrons. The summed E-state index contributed by atoms with van der Waals surface area (Å²) in [7, 11) is 0. The summed E-state index contributed by atoms with van der Waals surface area (Å²) in [5, 5.41) is 16.4. The molecule has 0 fully saturated rings. The summed E-state index contributed by atoms with van der Waals surface area (Å²) in [5.74, 6) is -4.08. The highest BCUT2D eigenvalue weighted by Gasteiger charge is 2.27. The maximum atomic E-state index is 14.4. The molecule has 2 aromatic carbocycles. The summed E-state index contributed by atoms with van der Waals surface area (Å²) >= 11 is 0. The summed E-state index contributed by atoms with van der Waals surface area (Å²) in [4.78, 5) is 29.6. The SMILES string of the molecule is CC(C)(C)NC(=O)c1cccnc1C[C@H](O)C(Cc1cc(F)c(F)cc1F)NC(=O)OCc1ccccc1. The largest absolute Gasteiger partial charge is 0.445 e. The fourth-order valence-electron chi connectivity index (χ4n) is 3.71. The third-order valence-electron chi connectivity index (χ3n) is 5.54.